The topological polar surface area (TPSA) is 76.1 Å². The summed E-state index contributed by atoms with van der Waals surface area (Å²) in [5, 5.41) is 11.0. The van der Waals surface area contributed by atoms with Gasteiger partial charge >= 0.3 is 5.97 Å². The molecule has 6 nitrogen and oxygen atoms in total. The van der Waals surface area contributed by atoms with E-state index in [4.69, 9.17) is 9.47 Å². The summed E-state index contributed by atoms with van der Waals surface area (Å²) < 4.78 is 12.7. The van der Waals surface area contributed by atoms with Crippen molar-refractivity contribution in [3.8, 4) is 27.7 Å². The maximum atomic E-state index is 14.1. The first-order chi connectivity index (χ1) is 22.3. The van der Waals surface area contributed by atoms with Gasteiger partial charge in [-0.1, -0.05) is 47.0 Å². The number of fused-ring (bicyclic) bond motifs is 1. The molecule has 0 spiro atoms. The molecular weight excluding hydrogens is 594 g/mol. The molecule has 2 heterocycles. The fourth-order valence-electron chi connectivity index (χ4n) is 6.48. The number of esters is 1. The predicted octanol–water partition coefficient (Wildman–Crippen LogP) is 9.52. The van der Waals surface area contributed by atoms with Gasteiger partial charge in [0.1, 0.15) is 23.9 Å². The number of unbranched alkanes of at least 4 members (excludes halogenated alkanes) is 2. The standard InChI is InChI=1S/C39H47NO5S/c1-5-8-9-21-39(6-2,7-3)38(43)45-32-17-12-29(13-18-32)37-35(33-19-14-30(41)25-34(33)46-37)36(42)28-10-15-31(16-11-28)44-24-23-40-22-20-27(4)26-40/h10-19,25,27,41H,5-9,20-24,26H2,1-4H3. The molecule has 1 fully saturated rings. The van der Waals surface area contributed by atoms with E-state index >= 15 is 0 Å². The maximum absolute atomic E-state index is 14.1. The number of likely N-dealkylation sites (tertiary alicyclic amines) is 1. The number of carbonyl (C=O) groups excluding carboxylic acids is 2. The highest BCUT2D eigenvalue weighted by Gasteiger charge is 2.36. The second-order valence-electron chi connectivity index (χ2n) is 12.7. The lowest BCUT2D eigenvalue weighted by molar-refractivity contribution is -0.147. The molecule has 1 saturated heterocycles. The van der Waals surface area contributed by atoms with Gasteiger partial charge in [-0.3, -0.25) is 14.5 Å². The van der Waals surface area contributed by atoms with Crippen LogP contribution in [0.15, 0.2) is 66.7 Å². The van der Waals surface area contributed by atoms with E-state index in [2.05, 4.69) is 32.6 Å². The number of hydrogen-bond acceptors (Lipinski definition) is 7. The van der Waals surface area contributed by atoms with Crippen LogP contribution < -0.4 is 9.47 Å². The van der Waals surface area contributed by atoms with Gasteiger partial charge in [-0.25, -0.2) is 0 Å². The van der Waals surface area contributed by atoms with Gasteiger partial charge in [-0.2, -0.15) is 0 Å². The second-order valence-corrected chi connectivity index (χ2v) is 13.8. The summed E-state index contributed by atoms with van der Waals surface area (Å²) in [4.78, 5) is 30.6. The Morgan fingerprint density at radius 1 is 0.957 bits per heavy atom. The average molecular weight is 642 g/mol. The molecule has 5 rings (SSSR count). The zero-order valence-electron chi connectivity index (χ0n) is 27.6. The van der Waals surface area contributed by atoms with E-state index < -0.39 is 5.41 Å². The molecule has 1 unspecified atom stereocenters. The van der Waals surface area contributed by atoms with Crippen LogP contribution in [0.1, 0.15) is 88.6 Å². The Balaban J connectivity index is 1.35. The summed E-state index contributed by atoms with van der Waals surface area (Å²) >= 11 is 1.47. The number of nitrogens with zero attached hydrogens (tertiary/aromatic N) is 1. The molecule has 244 valence electrons. The van der Waals surface area contributed by atoms with E-state index in [1.54, 1.807) is 30.3 Å². The molecule has 7 heteroatoms. The molecule has 1 aliphatic heterocycles. The number of phenolic OH excluding ortho intramolecular Hbond substituents is 1. The number of benzene rings is 3. The van der Waals surface area contributed by atoms with E-state index in [0.717, 1.165) is 90.4 Å². The van der Waals surface area contributed by atoms with E-state index in [0.29, 0.717) is 23.5 Å². The molecule has 46 heavy (non-hydrogen) atoms. The summed E-state index contributed by atoms with van der Waals surface area (Å²) in [5.74, 6) is 1.87. The summed E-state index contributed by atoms with van der Waals surface area (Å²) in [7, 11) is 0. The fraction of sp³-hybridized carbons (Fsp3) is 0.436. The highest BCUT2D eigenvalue weighted by Crippen LogP contribution is 2.42. The van der Waals surface area contributed by atoms with Crippen LogP contribution in [0.5, 0.6) is 17.2 Å². The second kappa shape index (κ2) is 15.3. The molecule has 1 atom stereocenters. The van der Waals surface area contributed by atoms with Crippen molar-refractivity contribution in [3.05, 3.63) is 77.9 Å². The number of carbonyl (C=O) groups is 2. The monoisotopic (exact) mass is 641 g/mol. The van der Waals surface area contributed by atoms with Gasteiger partial charge in [0.25, 0.3) is 0 Å². The first kappa shape index (κ1) is 33.7. The van der Waals surface area contributed by atoms with Gasteiger partial charge in [0.2, 0.25) is 0 Å². The molecule has 4 aromatic rings. The lowest BCUT2D eigenvalue weighted by Crippen LogP contribution is -2.34. The molecule has 1 aromatic heterocycles. The number of phenols is 1. The highest BCUT2D eigenvalue weighted by atomic mass is 32.1. The normalized spacial score (nSPS) is 15.3. The molecule has 0 amide bonds. The van der Waals surface area contributed by atoms with E-state index in [-0.39, 0.29) is 17.5 Å². The lowest BCUT2D eigenvalue weighted by Gasteiger charge is -2.29. The van der Waals surface area contributed by atoms with Crippen LogP contribution in [-0.4, -0.2) is 48.0 Å². The van der Waals surface area contributed by atoms with Crippen LogP contribution in [0.3, 0.4) is 0 Å². The van der Waals surface area contributed by atoms with E-state index in [1.807, 2.05) is 36.4 Å². The summed E-state index contributed by atoms with van der Waals surface area (Å²) in [6.45, 7) is 12.3. The molecule has 0 aliphatic carbocycles. The SMILES string of the molecule is CCCCCC(CC)(CC)C(=O)Oc1ccc(-c2sc3cc(O)ccc3c2C(=O)c2ccc(OCCN3CCC(C)C3)cc2)cc1. The largest absolute Gasteiger partial charge is 0.508 e. The smallest absolute Gasteiger partial charge is 0.317 e. The van der Waals surface area contributed by atoms with Crippen molar-refractivity contribution in [2.24, 2.45) is 11.3 Å². The van der Waals surface area contributed by atoms with Gasteiger partial charge in [0.05, 0.1) is 5.41 Å². The number of ether oxygens (including phenoxy) is 2. The van der Waals surface area contributed by atoms with Crippen LogP contribution in [-0.2, 0) is 4.79 Å². The molecule has 0 bridgehead atoms. The molecule has 1 aliphatic rings. The number of ketones is 1. The maximum Gasteiger partial charge on any atom is 0.317 e. The van der Waals surface area contributed by atoms with Gasteiger partial charge in [-0.15, -0.1) is 11.3 Å². The Hall–Kier alpha value is -3.68. The number of hydrogen-bond donors (Lipinski definition) is 1. The number of thiophene rings is 1. The Morgan fingerprint density at radius 2 is 1.67 bits per heavy atom. The zero-order chi connectivity index (χ0) is 32.7. The number of aromatic hydroxyl groups is 1. The molecule has 0 saturated carbocycles. The third-order valence-corrected chi connectivity index (χ3v) is 10.8. The lowest BCUT2D eigenvalue weighted by atomic mass is 9.78. The Bertz CT molecular complexity index is 1620. The van der Waals surface area contributed by atoms with Crippen molar-refractivity contribution in [2.75, 3.05) is 26.2 Å². The van der Waals surface area contributed by atoms with Crippen molar-refractivity contribution < 1.29 is 24.2 Å². The summed E-state index contributed by atoms with van der Waals surface area (Å²) in [6.07, 6.45) is 6.79. The van der Waals surface area contributed by atoms with Crippen LogP contribution in [0, 0.1) is 11.3 Å². The van der Waals surface area contributed by atoms with Crippen molar-refractivity contribution in [1.82, 2.24) is 4.90 Å². The van der Waals surface area contributed by atoms with Crippen LogP contribution in [0.25, 0.3) is 20.5 Å². The van der Waals surface area contributed by atoms with Crippen LogP contribution >= 0.6 is 11.3 Å². The van der Waals surface area contributed by atoms with Gasteiger partial charge in [0.15, 0.2) is 5.78 Å². The zero-order valence-corrected chi connectivity index (χ0v) is 28.5. The summed E-state index contributed by atoms with van der Waals surface area (Å²) in [5.41, 5.74) is 1.53. The third kappa shape index (κ3) is 7.64. The minimum Gasteiger partial charge on any atom is -0.508 e. The predicted molar refractivity (Wildman–Crippen MR) is 187 cm³/mol. The first-order valence-corrected chi connectivity index (χ1v) is 17.7. The number of rotatable bonds is 15. The quantitative estimate of drug-likeness (QED) is 0.0603. The van der Waals surface area contributed by atoms with Gasteiger partial charge in [0, 0.05) is 39.2 Å². The van der Waals surface area contributed by atoms with E-state index in [1.165, 1.54) is 17.8 Å². The molecule has 3 aromatic carbocycles. The van der Waals surface area contributed by atoms with Crippen LogP contribution in [0.2, 0.25) is 0 Å². The first-order valence-electron chi connectivity index (χ1n) is 16.8. The minimum absolute atomic E-state index is 0.0946. The fourth-order valence-corrected chi connectivity index (χ4v) is 7.72. The molecule has 0 radical (unpaired) electrons. The van der Waals surface area contributed by atoms with Crippen molar-refractivity contribution in [2.45, 2.75) is 72.6 Å². The Kier molecular flexibility index (Phi) is 11.2. The molecular formula is C39H47NO5S. The average Bonchev–Trinajstić information content (AvgIpc) is 3.66. The van der Waals surface area contributed by atoms with Crippen molar-refractivity contribution in [1.29, 1.82) is 0 Å². The van der Waals surface area contributed by atoms with Gasteiger partial charge < -0.3 is 14.6 Å². The van der Waals surface area contributed by atoms with Gasteiger partial charge in [-0.05, 0) is 110 Å². The van der Waals surface area contributed by atoms with Crippen LogP contribution in [0.4, 0.5) is 0 Å². The third-order valence-electron chi connectivity index (χ3n) is 9.57. The van der Waals surface area contributed by atoms with E-state index in [9.17, 15) is 14.7 Å². The summed E-state index contributed by atoms with van der Waals surface area (Å²) in [6, 6.07) is 19.9. The highest BCUT2D eigenvalue weighted by molar-refractivity contribution is 7.22. The minimum atomic E-state index is -0.478. The molecule has 1 N–H and O–H groups in total. The van der Waals surface area contributed by atoms with Crippen molar-refractivity contribution >= 4 is 33.2 Å². The Labute approximate surface area is 277 Å². The van der Waals surface area contributed by atoms with Crippen molar-refractivity contribution in [3.63, 3.8) is 0 Å². The Morgan fingerprint density at radius 3 is 2.33 bits per heavy atom.